The Kier molecular flexibility index (Phi) is 5.99. The molecule has 0 amide bonds. The molecule has 0 unspecified atom stereocenters. The van der Waals surface area contributed by atoms with E-state index in [1.807, 2.05) is 18.2 Å². The minimum Gasteiger partial charge on any atom is -0.493 e. The lowest BCUT2D eigenvalue weighted by molar-refractivity contribution is 0.316. The van der Waals surface area contributed by atoms with Crippen molar-refractivity contribution in [2.75, 3.05) is 24.9 Å². The number of nitrogens with zero attached hydrogens (tertiary/aromatic N) is 2. The first-order valence-corrected chi connectivity index (χ1v) is 10.2. The molecule has 5 nitrogen and oxygen atoms in total. The fourth-order valence-electron chi connectivity index (χ4n) is 3.41. The molecule has 0 aliphatic carbocycles. The van der Waals surface area contributed by atoms with Crippen LogP contribution in [0.3, 0.4) is 0 Å². The van der Waals surface area contributed by atoms with Crippen LogP contribution in [0.15, 0.2) is 48.7 Å². The summed E-state index contributed by atoms with van der Waals surface area (Å²) in [5.74, 6) is 0.987. The molecule has 8 heteroatoms. The molecule has 1 N–H and O–H groups in total. The van der Waals surface area contributed by atoms with E-state index in [4.69, 9.17) is 32.7 Å². The zero-order chi connectivity index (χ0) is 22.0. The third-order valence-electron chi connectivity index (χ3n) is 4.80. The van der Waals surface area contributed by atoms with Gasteiger partial charge in [0, 0.05) is 28.0 Å². The van der Waals surface area contributed by atoms with E-state index in [1.54, 1.807) is 19.2 Å². The van der Waals surface area contributed by atoms with E-state index in [9.17, 15) is 9.65 Å². The van der Waals surface area contributed by atoms with Crippen molar-refractivity contribution in [3.05, 3.63) is 65.1 Å². The summed E-state index contributed by atoms with van der Waals surface area (Å²) in [7, 11) is 1.57. The van der Waals surface area contributed by atoms with Gasteiger partial charge in [-0.3, -0.25) is 4.98 Å². The first-order valence-electron chi connectivity index (χ1n) is 9.30. The second-order valence-electron chi connectivity index (χ2n) is 6.60. The lowest BCUT2D eigenvalue weighted by Gasteiger charge is -2.16. The third kappa shape index (κ3) is 3.90. The van der Waals surface area contributed by atoms with E-state index in [2.05, 4.69) is 16.4 Å². The predicted molar refractivity (Wildman–Crippen MR) is 121 cm³/mol. The molecule has 0 atom stereocenters. The molecule has 0 saturated heterocycles. The van der Waals surface area contributed by atoms with Crippen LogP contribution in [0.25, 0.3) is 21.7 Å². The Labute approximate surface area is 187 Å². The first-order chi connectivity index (χ1) is 15.1. The normalized spacial score (nSPS) is 10.8. The van der Waals surface area contributed by atoms with Gasteiger partial charge in [-0.05, 0) is 42.5 Å². The van der Waals surface area contributed by atoms with E-state index in [0.717, 1.165) is 16.2 Å². The molecule has 1 aromatic heterocycles. The Balaban J connectivity index is 1.93. The van der Waals surface area contributed by atoms with Gasteiger partial charge in [-0.15, -0.1) is 11.6 Å². The number of pyridine rings is 1. The van der Waals surface area contributed by atoms with Crippen LogP contribution in [0, 0.1) is 17.1 Å². The van der Waals surface area contributed by atoms with Crippen molar-refractivity contribution in [2.24, 2.45) is 0 Å². The minimum absolute atomic E-state index is 0.0134. The summed E-state index contributed by atoms with van der Waals surface area (Å²) < 4.78 is 24.8. The molecule has 3 aromatic carbocycles. The number of benzene rings is 3. The van der Waals surface area contributed by atoms with E-state index in [-0.39, 0.29) is 5.02 Å². The van der Waals surface area contributed by atoms with Crippen molar-refractivity contribution in [3.8, 4) is 17.6 Å². The highest BCUT2D eigenvalue weighted by Crippen LogP contribution is 2.40. The molecule has 4 rings (SSSR count). The molecule has 0 aliphatic rings. The first kappa shape index (κ1) is 21.0. The fraction of sp³-hybridized carbons (Fsp3) is 0.130. The second-order valence-corrected chi connectivity index (χ2v) is 7.39. The summed E-state index contributed by atoms with van der Waals surface area (Å²) in [6, 6.07) is 13.9. The molecular weight excluding hydrogens is 440 g/mol. The summed E-state index contributed by atoms with van der Waals surface area (Å²) in [5, 5.41) is 15.1. The molecule has 156 valence electrons. The Morgan fingerprint density at radius 1 is 1.13 bits per heavy atom. The molecule has 0 saturated carbocycles. The Bertz CT molecular complexity index is 1340. The van der Waals surface area contributed by atoms with E-state index < -0.39 is 5.82 Å². The third-order valence-corrected chi connectivity index (χ3v) is 5.25. The number of hydrogen-bond donors (Lipinski definition) is 1. The summed E-state index contributed by atoms with van der Waals surface area (Å²) >= 11 is 11.7. The number of methoxy groups -OCH3 is 1. The second kappa shape index (κ2) is 8.84. The number of halogens is 3. The van der Waals surface area contributed by atoms with Gasteiger partial charge in [0.05, 0.1) is 34.8 Å². The zero-order valence-electron chi connectivity index (χ0n) is 16.4. The highest BCUT2D eigenvalue weighted by Gasteiger charge is 2.16. The fourth-order valence-corrected chi connectivity index (χ4v) is 3.67. The van der Waals surface area contributed by atoms with Crippen molar-refractivity contribution in [3.63, 3.8) is 0 Å². The lowest BCUT2D eigenvalue weighted by atomic mass is 10.0. The van der Waals surface area contributed by atoms with Gasteiger partial charge in [0.25, 0.3) is 0 Å². The van der Waals surface area contributed by atoms with Gasteiger partial charge in [0.2, 0.25) is 0 Å². The maximum atomic E-state index is 13.5. The molecule has 4 aromatic rings. The number of aromatic nitrogens is 1. The Hall–Kier alpha value is -3.27. The molecular formula is C23H16Cl2FN3O2. The molecule has 1 heterocycles. The summed E-state index contributed by atoms with van der Waals surface area (Å²) in [6.07, 6.45) is 1.50. The summed E-state index contributed by atoms with van der Waals surface area (Å²) in [4.78, 5) is 4.52. The maximum absolute atomic E-state index is 13.5. The van der Waals surface area contributed by atoms with Gasteiger partial charge >= 0.3 is 0 Å². The van der Waals surface area contributed by atoms with Gasteiger partial charge < -0.3 is 14.8 Å². The maximum Gasteiger partial charge on any atom is 0.169 e. The summed E-state index contributed by atoms with van der Waals surface area (Å²) in [5.41, 5.74) is 2.12. The average molecular weight is 456 g/mol. The number of hydrogen-bond acceptors (Lipinski definition) is 5. The van der Waals surface area contributed by atoms with Gasteiger partial charge in [0.15, 0.2) is 11.5 Å². The molecule has 0 bridgehead atoms. The summed E-state index contributed by atoms with van der Waals surface area (Å²) in [6.45, 7) is 0.327. The van der Waals surface area contributed by atoms with Crippen LogP contribution in [0.1, 0.15) is 5.56 Å². The molecule has 0 spiro atoms. The van der Waals surface area contributed by atoms with Crippen molar-refractivity contribution in [2.45, 2.75) is 0 Å². The average Bonchev–Trinajstić information content (AvgIpc) is 2.79. The van der Waals surface area contributed by atoms with Crippen LogP contribution >= 0.6 is 23.2 Å². The SMILES string of the molecule is COc1ccc2c(ccc3c(Nc4ccc(F)c(Cl)c4)c(C#N)cnc32)c1OCCCl. The predicted octanol–water partition coefficient (Wildman–Crippen LogP) is 6.42. The van der Waals surface area contributed by atoms with Crippen LogP contribution in [-0.2, 0) is 0 Å². The van der Waals surface area contributed by atoms with E-state index >= 15 is 0 Å². The smallest absolute Gasteiger partial charge is 0.169 e. The monoisotopic (exact) mass is 455 g/mol. The Morgan fingerprint density at radius 2 is 1.90 bits per heavy atom. The van der Waals surface area contributed by atoms with Crippen LogP contribution in [0.5, 0.6) is 11.5 Å². The number of nitrogens with one attached hydrogen (secondary N) is 1. The van der Waals surface area contributed by atoms with Crippen LogP contribution < -0.4 is 14.8 Å². The molecule has 0 aliphatic heterocycles. The number of ether oxygens (including phenoxy) is 2. The number of fused-ring (bicyclic) bond motifs is 3. The highest BCUT2D eigenvalue weighted by atomic mass is 35.5. The highest BCUT2D eigenvalue weighted by molar-refractivity contribution is 6.31. The molecule has 31 heavy (non-hydrogen) atoms. The largest absolute Gasteiger partial charge is 0.493 e. The molecule has 0 radical (unpaired) electrons. The van der Waals surface area contributed by atoms with Crippen LogP contribution in [0.2, 0.25) is 5.02 Å². The topological polar surface area (TPSA) is 67.2 Å². The molecule has 0 fully saturated rings. The van der Waals surface area contributed by atoms with Crippen LogP contribution in [0.4, 0.5) is 15.8 Å². The van der Waals surface area contributed by atoms with Crippen molar-refractivity contribution in [1.29, 1.82) is 5.26 Å². The number of anilines is 2. The van der Waals surface area contributed by atoms with Crippen molar-refractivity contribution in [1.82, 2.24) is 4.98 Å². The zero-order valence-corrected chi connectivity index (χ0v) is 17.9. The number of nitriles is 1. The number of rotatable bonds is 6. The van der Waals surface area contributed by atoms with Crippen LogP contribution in [-0.4, -0.2) is 24.6 Å². The standard InChI is InChI=1S/C23H16Cl2FN3O2/c1-30-20-7-5-15-16(23(20)31-9-8-24)3-4-17-21(13(11-27)12-28-22(15)17)29-14-2-6-19(26)18(25)10-14/h2-7,10,12H,8-9H2,1H3,(H,28,29). The van der Waals surface area contributed by atoms with Gasteiger partial charge in [-0.2, -0.15) is 5.26 Å². The lowest BCUT2D eigenvalue weighted by Crippen LogP contribution is -2.01. The minimum atomic E-state index is -0.517. The van der Waals surface area contributed by atoms with Gasteiger partial charge in [0.1, 0.15) is 18.5 Å². The number of alkyl halides is 1. The quantitative estimate of drug-likeness (QED) is 0.268. The Morgan fingerprint density at radius 3 is 2.61 bits per heavy atom. The van der Waals surface area contributed by atoms with E-state index in [1.165, 1.54) is 18.3 Å². The van der Waals surface area contributed by atoms with Gasteiger partial charge in [-0.25, -0.2) is 4.39 Å². The van der Waals surface area contributed by atoms with Crippen molar-refractivity contribution >= 4 is 56.3 Å². The van der Waals surface area contributed by atoms with Crippen molar-refractivity contribution < 1.29 is 13.9 Å². The van der Waals surface area contributed by atoms with E-state index in [0.29, 0.717) is 46.4 Å². The van der Waals surface area contributed by atoms with Gasteiger partial charge in [-0.1, -0.05) is 11.6 Å².